The molecule has 60 heavy (non-hydrogen) atoms. The summed E-state index contributed by atoms with van der Waals surface area (Å²) < 4.78 is 55.3. The molecule has 0 unspecified atom stereocenters. The summed E-state index contributed by atoms with van der Waals surface area (Å²) in [5, 5.41) is 22.4. The summed E-state index contributed by atoms with van der Waals surface area (Å²) in [6.07, 6.45) is -5.22. The van der Waals surface area contributed by atoms with Crippen LogP contribution in [0.3, 0.4) is 0 Å². The van der Waals surface area contributed by atoms with Crippen LogP contribution >= 0.6 is 0 Å². The summed E-state index contributed by atoms with van der Waals surface area (Å²) in [6, 6.07) is 42.3. The van der Waals surface area contributed by atoms with Gasteiger partial charge in [0, 0.05) is 29.4 Å². The molecule has 10 rings (SSSR count). The van der Waals surface area contributed by atoms with Gasteiger partial charge in [-0.2, -0.15) is 0 Å². The van der Waals surface area contributed by atoms with Gasteiger partial charge in [0.15, 0.2) is 41.5 Å². The smallest absolute Gasteiger partial charge is 0.338 e. The highest BCUT2D eigenvalue weighted by Gasteiger charge is 2.56. The number of ether oxygens (including phenoxy) is 9. The maximum atomic E-state index is 13.9. The van der Waals surface area contributed by atoms with Crippen molar-refractivity contribution in [2.45, 2.75) is 42.3 Å². The van der Waals surface area contributed by atoms with Crippen LogP contribution in [-0.4, -0.2) is 66.6 Å². The Kier molecular flexibility index (Phi) is 9.08. The highest BCUT2D eigenvalue weighted by atomic mass is 16.8. The minimum atomic E-state index is -1.45. The molecule has 4 heterocycles. The lowest BCUT2D eigenvalue weighted by atomic mass is 9.97. The second-order valence-corrected chi connectivity index (χ2v) is 14.6. The Morgan fingerprint density at radius 2 is 0.950 bits per heavy atom. The average molecular weight is 809 g/mol. The number of phenols is 2. The van der Waals surface area contributed by atoms with Crippen LogP contribution in [0.4, 0.5) is 0 Å². The van der Waals surface area contributed by atoms with E-state index in [0.717, 1.165) is 0 Å². The van der Waals surface area contributed by atoms with Crippen molar-refractivity contribution in [2.24, 2.45) is 0 Å². The topological polar surface area (TPSA) is 158 Å². The van der Waals surface area contributed by atoms with E-state index in [9.17, 15) is 19.8 Å². The molecule has 6 aromatic rings. The molecule has 0 aliphatic carbocycles. The Hall–Kier alpha value is -7.06. The Labute approximate surface area is 343 Å². The van der Waals surface area contributed by atoms with Gasteiger partial charge in [-0.1, -0.05) is 121 Å². The monoisotopic (exact) mass is 808 g/mol. The molecule has 4 aliphatic heterocycles. The summed E-state index contributed by atoms with van der Waals surface area (Å²) in [4.78, 5) is 27.8. The van der Waals surface area contributed by atoms with Crippen LogP contribution < -0.4 is 18.9 Å². The van der Waals surface area contributed by atoms with E-state index in [-0.39, 0.29) is 52.2 Å². The third kappa shape index (κ3) is 6.13. The molecule has 0 aromatic heterocycles. The molecule has 13 nitrogen and oxygen atoms in total. The van der Waals surface area contributed by atoms with Crippen molar-refractivity contribution >= 4 is 11.9 Å². The van der Waals surface area contributed by atoms with Crippen LogP contribution in [0.5, 0.6) is 34.5 Å². The van der Waals surface area contributed by atoms with Crippen LogP contribution in [0.1, 0.15) is 43.0 Å². The van der Waals surface area contributed by atoms with Crippen molar-refractivity contribution in [2.75, 3.05) is 13.7 Å². The fraction of sp³-hybridized carbons (Fsp3) is 0.191. The lowest BCUT2D eigenvalue weighted by molar-refractivity contribution is -0.234. The van der Waals surface area contributed by atoms with Crippen LogP contribution in [0.2, 0.25) is 0 Å². The summed E-state index contributed by atoms with van der Waals surface area (Å²) >= 11 is 0. The summed E-state index contributed by atoms with van der Waals surface area (Å²) in [5.41, 5.74) is 2.55. The van der Waals surface area contributed by atoms with Gasteiger partial charge in [-0.3, -0.25) is 0 Å². The Morgan fingerprint density at radius 1 is 0.550 bits per heavy atom. The van der Waals surface area contributed by atoms with Gasteiger partial charge < -0.3 is 52.8 Å². The van der Waals surface area contributed by atoms with Gasteiger partial charge in [-0.15, -0.1) is 0 Å². The van der Waals surface area contributed by atoms with Crippen molar-refractivity contribution in [3.63, 3.8) is 0 Å². The molecule has 0 radical (unpaired) electrons. The predicted molar refractivity (Wildman–Crippen MR) is 210 cm³/mol. The Balaban J connectivity index is 0.892. The van der Waals surface area contributed by atoms with Crippen molar-refractivity contribution in [1.29, 1.82) is 0 Å². The highest BCUT2D eigenvalue weighted by Crippen LogP contribution is 2.54. The number of benzene rings is 6. The van der Waals surface area contributed by atoms with E-state index in [1.54, 1.807) is 0 Å². The molecule has 2 N–H and O–H groups in total. The minimum Gasteiger partial charge on any atom is -0.504 e. The number of esters is 2. The fourth-order valence-electron chi connectivity index (χ4n) is 8.10. The van der Waals surface area contributed by atoms with Crippen LogP contribution in [0, 0.1) is 0 Å². The molecular weight excluding hydrogens is 773 g/mol. The van der Waals surface area contributed by atoms with E-state index in [2.05, 4.69) is 0 Å². The molecule has 2 saturated heterocycles. The molecule has 2 bridgehead atoms. The van der Waals surface area contributed by atoms with Gasteiger partial charge in [0.2, 0.25) is 11.5 Å². The van der Waals surface area contributed by atoms with E-state index in [0.29, 0.717) is 22.3 Å². The first-order valence-corrected chi connectivity index (χ1v) is 19.2. The number of carbonyl (C=O) groups is 2. The van der Waals surface area contributed by atoms with E-state index in [1.807, 2.05) is 121 Å². The summed E-state index contributed by atoms with van der Waals surface area (Å²) in [5.74, 6) is -4.98. The molecule has 2 fully saturated rings. The number of phenolic OH excluding ortho intramolecular Hbond substituents is 2. The molecule has 302 valence electrons. The number of fused-ring (bicyclic) bond motifs is 4. The van der Waals surface area contributed by atoms with Gasteiger partial charge >= 0.3 is 23.5 Å². The molecule has 4 aliphatic rings. The van der Waals surface area contributed by atoms with E-state index >= 15 is 0 Å². The first kappa shape index (κ1) is 37.2. The zero-order valence-electron chi connectivity index (χ0n) is 31.8. The van der Waals surface area contributed by atoms with Crippen LogP contribution in [0.25, 0.3) is 0 Å². The second kappa shape index (κ2) is 14.6. The second-order valence-electron chi connectivity index (χ2n) is 14.6. The fourth-order valence-corrected chi connectivity index (χ4v) is 8.10. The zero-order chi connectivity index (χ0) is 41.0. The Morgan fingerprint density at radius 3 is 1.35 bits per heavy atom. The molecule has 5 atom stereocenters. The number of rotatable bonds is 9. The zero-order valence-corrected chi connectivity index (χ0v) is 31.8. The maximum absolute atomic E-state index is 13.9. The molecular formula is C47H36O13. The maximum Gasteiger partial charge on any atom is 0.338 e. The first-order valence-electron chi connectivity index (χ1n) is 19.2. The minimum absolute atomic E-state index is 0.00541. The van der Waals surface area contributed by atoms with Gasteiger partial charge in [0.25, 0.3) is 0 Å². The van der Waals surface area contributed by atoms with Gasteiger partial charge in [-0.25, -0.2) is 9.59 Å². The van der Waals surface area contributed by atoms with Crippen molar-refractivity contribution in [1.82, 2.24) is 0 Å². The molecule has 0 amide bonds. The number of aromatic hydroxyl groups is 2. The largest absolute Gasteiger partial charge is 0.504 e. The van der Waals surface area contributed by atoms with E-state index in [1.165, 1.54) is 31.4 Å². The van der Waals surface area contributed by atoms with E-state index in [4.69, 9.17) is 42.6 Å². The normalized spacial score (nSPS) is 22.5. The summed E-state index contributed by atoms with van der Waals surface area (Å²) in [6.45, 7) is 0.00541. The van der Waals surface area contributed by atoms with Gasteiger partial charge in [0.05, 0.1) is 17.7 Å². The number of methoxy groups -OCH3 is 1. The molecule has 13 heteroatoms. The third-order valence-electron chi connectivity index (χ3n) is 10.9. The number of carbonyl (C=O) groups excluding carboxylic acids is 2. The molecule has 0 spiro atoms. The molecule has 0 saturated carbocycles. The number of hydrogen-bond acceptors (Lipinski definition) is 13. The third-order valence-corrected chi connectivity index (χ3v) is 10.9. The van der Waals surface area contributed by atoms with E-state index < -0.39 is 54.2 Å². The number of hydrogen-bond donors (Lipinski definition) is 2. The van der Waals surface area contributed by atoms with Crippen LogP contribution in [0.15, 0.2) is 146 Å². The SMILES string of the molecule is CO[C@@H]1[C@@H](OC(=O)c2cc(O)c3c(c2)OC(c2ccccc2)(c2ccccc2)O3)[C@@H]2OC[C@@H](O2)[C@H]1OC(=O)c1cc(O)c2c(c1)OC(c1ccccc1)(c1ccccc1)O2. The summed E-state index contributed by atoms with van der Waals surface area (Å²) in [7, 11) is 1.38. The Bertz CT molecular complexity index is 2310. The predicted octanol–water partition coefficient (Wildman–Crippen LogP) is 6.96. The first-order chi connectivity index (χ1) is 29.3. The average Bonchev–Trinajstić information content (AvgIpc) is 4.03. The quantitative estimate of drug-likeness (QED) is 0.145. The van der Waals surface area contributed by atoms with Crippen LogP contribution in [-0.2, 0) is 35.3 Å². The lowest BCUT2D eigenvalue weighted by Crippen LogP contribution is -2.57. The highest BCUT2D eigenvalue weighted by molar-refractivity contribution is 5.92. The standard InChI is InChI=1S/C47H36O13/c1-52-41-40(55-43(50)27-22-33(48)38-35(24-27)57-46(59-38,29-14-6-2-7-15-29)30-16-8-3-9-17-30)37-26-53-45(54-37)42(41)56-44(51)28-23-34(49)39-36(25-28)58-47(60-39,31-18-10-4-11-19-31)32-20-12-5-13-21-32/h2-25,37,40-42,45,48-49H,26H2,1H3/t37-,40-,41+,42-,45-/m1/s1. The van der Waals surface area contributed by atoms with Gasteiger partial charge in [0.1, 0.15) is 12.2 Å². The van der Waals surface area contributed by atoms with Crippen molar-refractivity contribution in [3.8, 4) is 34.5 Å². The van der Waals surface area contributed by atoms with Gasteiger partial charge in [-0.05, 0) is 24.3 Å². The van der Waals surface area contributed by atoms with Crippen molar-refractivity contribution in [3.05, 3.63) is 179 Å². The molecule has 6 aromatic carbocycles. The van der Waals surface area contributed by atoms with Crippen molar-refractivity contribution < 1.29 is 62.4 Å². The lowest BCUT2D eigenvalue weighted by Gasteiger charge is -2.38.